The van der Waals surface area contributed by atoms with Gasteiger partial charge in [-0.25, -0.2) is 8.42 Å². The molecular weight excluding hydrogens is 322 g/mol. The molecule has 0 radical (unpaired) electrons. The van der Waals surface area contributed by atoms with Gasteiger partial charge in [0, 0.05) is 25.2 Å². The third-order valence-corrected chi connectivity index (χ3v) is 5.03. The summed E-state index contributed by atoms with van der Waals surface area (Å²) >= 11 is 0. The fourth-order valence-corrected chi connectivity index (χ4v) is 3.63. The summed E-state index contributed by atoms with van der Waals surface area (Å²) in [5, 5.41) is 10.9. The van der Waals surface area contributed by atoms with Crippen LogP contribution in [0.2, 0.25) is 0 Å². The molecular formula is C11H16ClN3O5S. The molecule has 0 spiro atoms. The van der Waals surface area contributed by atoms with Crippen LogP contribution in [0.5, 0.6) is 5.75 Å². The third kappa shape index (κ3) is 3.43. The molecule has 118 valence electrons. The number of hydrogen-bond acceptors (Lipinski definition) is 6. The van der Waals surface area contributed by atoms with Crippen LogP contribution in [0.25, 0.3) is 0 Å². The van der Waals surface area contributed by atoms with Crippen molar-refractivity contribution < 1.29 is 18.1 Å². The second kappa shape index (κ2) is 6.56. The maximum atomic E-state index is 12.4. The molecule has 1 aliphatic heterocycles. The first kappa shape index (κ1) is 17.6. The Morgan fingerprint density at radius 2 is 2.14 bits per heavy atom. The predicted molar refractivity (Wildman–Crippen MR) is 78.2 cm³/mol. The SMILES string of the molecule is COc1ccc(S(=O)(=O)N2CC[C@@H](N)C2)cc1[N+](=O)[O-].Cl. The summed E-state index contributed by atoms with van der Waals surface area (Å²) in [5.41, 5.74) is 5.31. The minimum atomic E-state index is -3.76. The zero-order valence-corrected chi connectivity index (χ0v) is 12.9. The Morgan fingerprint density at radius 1 is 1.48 bits per heavy atom. The molecule has 0 aliphatic carbocycles. The first-order valence-electron chi connectivity index (χ1n) is 5.94. The zero-order chi connectivity index (χ0) is 14.9. The average molecular weight is 338 g/mol. The second-order valence-electron chi connectivity index (χ2n) is 4.50. The van der Waals surface area contributed by atoms with Gasteiger partial charge in [-0.2, -0.15) is 4.31 Å². The summed E-state index contributed by atoms with van der Waals surface area (Å²) in [6, 6.07) is 3.39. The largest absolute Gasteiger partial charge is 0.490 e. The lowest BCUT2D eigenvalue weighted by molar-refractivity contribution is -0.386. The van der Waals surface area contributed by atoms with Gasteiger partial charge in [0.05, 0.1) is 16.9 Å². The topological polar surface area (TPSA) is 116 Å². The van der Waals surface area contributed by atoms with Crippen LogP contribution in [-0.2, 0) is 10.0 Å². The number of nitrogens with zero attached hydrogens (tertiary/aromatic N) is 2. The van der Waals surface area contributed by atoms with E-state index in [9.17, 15) is 18.5 Å². The van der Waals surface area contributed by atoms with E-state index in [-0.39, 0.29) is 41.3 Å². The van der Waals surface area contributed by atoms with Crippen molar-refractivity contribution >= 4 is 28.1 Å². The molecule has 21 heavy (non-hydrogen) atoms. The van der Waals surface area contributed by atoms with Gasteiger partial charge in [-0.3, -0.25) is 10.1 Å². The molecule has 0 amide bonds. The van der Waals surface area contributed by atoms with E-state index >= 15 is 0 Å². The van der Waals surface area contributed by atoms with Gasteiger partial charge < -0.3 is 10.5 Å². The second-order valence-corrected chi connectivity index (χ2v) is 6.44. The fourth-order valence-electron chi connectivity index (χ4n) is 2.09. The van der Waals surface area contributed by atoms with Crippen molar-refractivity contribution in [2.75, 3.05) is 20.2 Å². The lowest BCUT2D eigenvalue weighted by Gasteiger charge is -2.16. The van der Waals surface area contributed by atoms with Gasteiger partial charge in [-0.15, -0.1) is 12.4 Å². The lowest BCUT2D eigenvalue weighted by atomic mass is 10.3. The van der Waals surface area contributed by atoms with Crippen LogP contribution in [0.3, 0.4) is 0 Å². The van der Waals surface area contributed by atoms with Crippen molar-refractivity contribution in [3.8, 4) is 5.75 Å². The quantitative estimate of drug-likeness (QED) is 0.640. The Bertz CT molecular complexity index is 637. The summed E-state index contributed by atoms with van der Waals surface area (Å²) < 4.78 is 30.8. The van der Waals surface area contributed by atoms with Crippen molar-refractivity contribution in [1.82, 2.24) is 4.31 Å². The number of methoxy groups -OCH3 is 1. The van der Waals surface area contributed by atoms with Crippen molar-refractivity contribution in [3.05, 3.63) is 28.3 Å². The monoisotopic (exact) mass is 337 g/mol. The van der Waals surface area contributed by atoms with Gasteiger partial charge >= 0.3 is 5.69 Å². The first-order valence-corrected chi connectivity index (χ1v) is 7.38. The number of nitro benzene ring substituents is 1. The molecule has 1 fully saturated rings. The average Bonchev–Trinajstić information content (AvgIpc) is 2.85. The van der Waals surface area contributed by atoms with Crippen LogP contribution < -0.4 is 10.5 Å². The molecule has 2 N–H and O–H groups in total. The fraction of sp³-hybridized carbons (Fsp3) is 0.455. The van der Waals surface area contributed by atoms with Gasteiger partial charge in [0.2, 0.25) is 10.0 Å². The Kier molecular flexibility index (Phi) is 5.51. The van der Waals surface area contributed by atoms with Crippen molar-refractivity contribution in [1.29, 1.82) is 0 Å². The van der Waals surface area contributed by atoms with E-state index in [1.54, 1.807) is 0 Å². The minimum Gasteiger partial charge on any atom is -0.490 e. The standard InChI is InChI=1S/C11H15N3O5S.ClH/c1-19-11-3-2-9(6-10(11)14(15)16)20(17,18)13-5-4-8(12)7-13;/h2-3,6,8H,4-5,7,12H2,1H3;1H/t8-;/m1./s1. The molecule has 1 saturated heterocycles. The van der Waals surface area contributed by atoms with Gasteiger partial charge in [-0.05, 0) is 18.6 Å². The maximum Gasteiger partial charge on any atom is 0.312 e. The molecule has 0 unspecified atom stereocenters. The number of ether oxygens (including phenoxy) is 1. The highest BCUT2D eigenvalue weighted by atomic mass is 35.5. The summed E-state index contributed by atoms with van der Waals surface area (Å²) in [7, 11) is -2.47. The Balaban J connectivity index is 0.00000220. The van der Waals surface area contributed by atoms with Crippen molar-refractivity contribution in [2.24, 2.45) is 5.73 Å². The van der Waals surface area contributed by atoms with E-state index in [1.165, 1.54) is 23.5 Å². The third-order valence-electron chi connectivity index (χ3n) is 3.17. The van der Waals surface area contributed by atoms with Crippen LogP contribution in [0.1, 0.15) is 6.42 Å². The Hall–Kier alpha value is -1.42. The highest BCUT2D eigenvalue weighted by Gasteiger charge is 2.32. The number of sulfonamides is 1. The molecule has 1 heterocycles. The molecule has 2 rings (SSSR count). The van der Waals surface area contributed by atoms with Crippen LogP contribution in [0, 0.1) is 10.1 Å². The predicted octanol–water partition coefficient (Wildman–Crippen LogP) is 0.747. The van der Waals surface area contributed by atoms with E-state index in [0.29, 0.717) is 13.0 Å². The highest BCUT2D eigenvalue weighted by molar-refractivity contribution is 7.89. The number of hydrogen-bond donors (Lipinski definition) is 1. The summed E-state index contributed by atoms with van der Waals surface area (Å²) in [4.78, 5) is 10.1. The Morgan fingerprint density at radius 3 is 2.62 bits per heavy atom. The molecule has 0 saturated carbocycles. The van der Waals surface area contributed by atoms with Crippen molar-refractivity contribution in [3.63, 3.8) is 0 Å². The molecule has 0 aromatic heterocycles. The van der Waals surface area contributed by atoms with E-state index in [4.69, 9.17) is 10.5 Å². The normalized spacial score (nSPS) is 19.0. The summed E-state index contributed by atoms with van der Waals surface area (Å²) in [5.74, 6) is 0.0204. The highest BCUT2D eigenvalue weighted by Crippen LogP contribution is 2.31. The van der Waals surface area contributed by atoms with E-state index < -0.39 is 14.9 Å². The number of nitrogens with two attached hydrogens (primary N) is 1. The van der Waals surface area contributed by atoms with E-state index in [0.717, 1.165) is 6.07 Å². The molecule has 1 aromatic carbocycles. The smallest absolute Gasteiger partial charge is 0.312 e. The summed E-state index contributed by atoms with van der Waals surface area (Å²) in [6.45, 7) is 0.547. The number of nitro groups is 1. The Labute approximate surface area is 128 Å². The van der Waals surface area contributed by atoms with Gasteiger partial charge in [0.1, 0.15) is 0 Å². The van der Waals surface area contributed by atoms with Crippen molar-refractivity contribution in [2.45, 2.75) is 17.4 Å². The maximum absolute atomic E-state index is 12.4. The molecule has 10 heteroatoms. The molecule has 8 nitrogen and oxygen atoms in total. The van der Waals surface area contributed by atoms with Crippen LogP contribution in [0.4, 0.5) is 5.69 Å². The van der Waals surface area contributed by atoms with Gasteiger partial charge in [0.25, 0.3) is 0 Å². The lowest BCUT2D eigenvalue weighted by Crippen LogP contribution is -2.32. The summed E-state index contributed by atoms with van der Waals surface area (Å²) in [6.07, 6.45) is 0.581. The van der Waals surface area contributed by atoms with Gasteiger partial charge in [-0.1, -0.05) is 0 Å². The number of halogens is 1. The van der Waals surface area contributed by atoms with Crippen LogP contribution in [0.15, 0.2) is 23.1 Å². The van der Waals surface area contributed by atoms with E-state index in [2.05, 4.69) is 0 Å². The molecule has 1 aromatic rings. The first-order chi connectivity index (χ1) is 9.36. The number of rotatable bonds is 4. The molecule has 1 aliphatic rings. The van der Waals surface area contributed by atoms with Gasteiger partial charge in [0.15, 0.2) is 5.75 Å². The number of benzene rings is 1. The zero-order valence-electron chi connectivity index (χ0n) is 11.3. The van der Waals surface area contributed by atoms with E-state index in [1.807, 2.05) is 0 Å². The minimum absolute atomic E-state index is 0. The van der Waals surface area contributed by atoms with Crippen LogP contribution in [-0.4, -0.2) is 43.9 Å². The molecule has 1 atom stereocenters. The van der Waals surface area contributed by atoms with Crippen LogP contribution >= 0.6 is 12.4 Å². The molecule has 0 bridgehead atoms.